The second-order valence-electron chi connectivity index (χ2n) is 4.02. The highest BCUT2D eigenvalue weighted by Crippen LogP contribution is 2.18. The quantitative estimate of drug-likeness (QED) is 0.766. The predicted molar refractivity (Wildman–Crippen MR) is 57.4 cm³/mol. The first-order valence-corrected chi connectivity index (χ1v) is 5.37. The molecule has 1 heterocycles. The van der Waals surface area contributed by atoms with Crippen LogP contribution in [0.15, 0.2) is 10.8 Å². The summed E-state index contributed by atoms with van der Waals surface area (Å²) in [5.41, 5.74) is 6.48. The molecule has 0 aromatic carbocycles. The Bertz CT molecular complexity index is 325. The highest BCUT2D eigenvalue weighted by molar-refractivity contribution is 7.08. The fourth-order valence-electron chi connectivity index (χ4n) is 0.994. The van der Waals surface area contributed by atoms with Crippen molar-refractivity contribution in [3.8, 4) is 0 Å². The lowest BCUT2D eigenvalue weighted by molar-refractivity contribution is 0.00690. The van der Waals surface area contributed by atoms with Crippen LogP contribution in [0.25, 0.3) is 0 Å². The summed E-state index contributed by atoms with van der Waals surface area (Å²) in [6.07, 6.45) is 0. The third kappa shape index (κ3) is 2.82. The zero-order chi connectivity index (χ0) is 10.8. The van der Waals surface area contributed by atoms with Gasteiger partial charge in [-0.05, 0) is 31.7 Å². The molecule has 0 spiro atoms. The van der Waals surface area contributed by atoms with E-state index < -0.39 is 5.60 Å². The van der Waals surface area contributed by atoms with E-state index in [1.165, 1.54) is 11.3 Å². The maximum atomic E-state index is 11.6. The molecule has 0 bridgehead atoms. The SMILES string of the molecule is CC(C)(C)OC(=O)c1cscc1CN. The van der Waals surface area contributed by atoms with Crippen molar-refractivity contribution in [1.29, 1.82) is 0 Å². The van der Waals surface area contributed by atoms with Crippen LogP contribution in [0, 0.1) is 0 Å². The molecule has 0 atom stereocenters. The lowest BCUT2D eigenvalue weighted by Crippen LogP contribution is -2.24. The molecule has 0 aliphatic rings. The molecular formula is C10H15NO2S. The Morgan fingerprint density at radius 1 is 1.50 bits per heavy atom. The summed E-state index contributed by atoms with van der Waals surface area (Å²) in [4.78, 5) is 11.6. The number of nitrogens with two attached hydrogens (primary N) is 1. The fourth-order valence-corrected chi connectivity index (χ4v) is 1.83. The van der Waals surface area contributed by atoms with Gasteiger partial charge in [0.1, 0.15) is 5.60 Å². The molecule has 78 valence electrons. The maximum absolute atomic E-state index is 11.6. The van der Waals surface area contributed by atoms with Crippen LogP contribution in [0.1, 0.15) is 36.7 Å². The highest BCUT2D eigenvalue weighted by Gasteiger charge is 2.20. The number of rotatable bonds is 2. The van der Waals surface area contributed by atoms with E-state index in [2.05, 4.69) is 0 Å². The van der Waals surface area contributed by atoms with Gasteiger partial charge < -0.3 is 10.5 Å². The van der Waals surface area contributed by atoms with Crippen LogP contribution in [-0.4, -0.2) is 11.6 Å². The van der Waals surface area contributed by atoms with Crippen molar-refractivity contribution in [2.75, 3.05) is 0 Å². The van der Waals surface area contributed by atoms with E-state index in [9.17, 15) is 4.79 Å². The van der Waals surface area contributed by atoms with Gasteiger partial charge in [0.05, 0.1) is 5.56 Å². The van der Waals surface area contributed by atoms with Crippen molar-refractivity contribution in [3.05, 3.63) is 21.9 Å². The molecule has 0 aliphatic heterocycles. The van der Waals surface area contributed by atoms with E-state index in [1.807, 2.05) is 26.2 Å². The summed E-state index contributed by atoms with van der Waals surface area (Å²) in [7, 11) is 0. The molecule has 1 rings (SSSR count). The average molecular weight is 213 g/mol. The number of carbonyl (C=O) groups excluding carboxylic acids is 1. The molecule has 0 unspecified atom stereocenters. The van der Waals surface area contributed by atoms with Crippen LogP contribution in [0.5, 0.6) is 0 Å². The van der Waals surface area contributed by atoms with Crippen molar-refractivity contribution < 1.29 is 9.53 Å². The van der Waals surface area contributed by atoms with E-state index in [0.29, 0.717) is 12.1 Å². The van der Waals surface area contributed by atoms with Crippen LogP contribution in [-0.2, 0) is 11.3 Å². The zero-order valence-electron chi connectivity index (χ0n) is 8.66. The molecule has 3 nitrogen and oxygen atoms in total. The van der Waals surface area contributed by atoms with Crippen LogP contribution in [0.3, 0.4) is 0 Å². The Morgan fingerprint density at radius 3 is 2.64 bits per heavy atom. The summed E-state index contributed by atoms with van der Waals surface area (Å²) >= 11 is 1.46. The van der Waals surface area contributed by atoms with Crippen molar-refractivity contribution in [3.63, 3.8) is 0 Å². The summed E-state index contributed by atoms with van der Waals surface area (Å²) in [6, 6.07) is 0. The van der Waals surface area contributed by atoms with E-state index in [1.54, 1.807) is 5.38 Å². The predicted octanol–water partition coefficient (Wildman–Crippen LogP) is 2.16. The second kappa shape index (κ2) is 4.11. The molecule has 14 heavy (non-hydrogen) atoms. The van der Waals surface area contributed by atoms with Gasteiger partial charge in [0, 0.05) is 11.9 Å². The van der Waals surface area contributed by atoms with E-state index in [-0.39, 0.29) is 5.97 Å². The van der Waals surface area contributed by atoms with Crippen LogP contribution in [0.2, 0.25) is 0 Å². The van der Waals surface area contributed by atoms with Crippen LogP contribution < -0.4 is 5.73 Å². The molecular weight excluding hydrogens is 198 g/mol. The van der Waals surface area contributed by atoms with Crippen molar-refractivity contribution in [2.24, 2.45) is 5.73 Å². The first-order valence-electron chi connectivity index (χ1n) is 4.42. The first-order chi connectivity index (χ1) is 6.44. The molecule has 0 aliphatic carbocycles. The molecule has 0 saturated heterocycles. The number of hydrogen-bond acceptors (Lipinski definition) is 4. The molecule has 0 radical (unpaired) electrons. The van der Waals surface area contributed by atoms with E-state index in [0.717, 1.165) is 5.56 Å². The molecule has 0 saturated carbocycles. The Labute approximate surface area is 87.9 Å². The third-order valence-electron chi connectivity index (χ3n) is 1.58. The summed E-state index contributed by atoms with van der Waals surface area (Å²) in [5, 5.41) is 3.65. The van der Waals surface area contributed by atoms with Gasteiger partial charge >= 0.3 is 5.97 Å². The molecule has 0 amide bonds. The average Bonchev–Trinajstić information content (AvgIpc) is 2.47. The normalized spacial score (nSPS) is 11.4. The Morgan fingerprint density at radius 2 is 2.14 bits per heavy atom. The Hall–Kier alpha value is -0.870. The lowest BCUT2D eigenvalue weighted by Gasteiger charge is -2.19. The van der Waals surface area contributed by atoms with Gasteiger partial charge in [0.2, 0.25) is 0 Å². The van der Waals surface area contributed by atoms with Crippen molar-refractivity contribution >= 4 is 17.3 Å². The lowest BCUT2D eigenvalue weighted by atomic mass is 10.1. The standard InChI is InChI=1S/C10H15NO2S/c1-10(2,3)13-9(12)8-6-14-5-7(8)4-11/h5-6H,4,11H2,1-3H3. The van der Waals surface area contributed by atoms with E-state index in [4.69, 9.17) is 10.5 Å². The van der Waals surface area contributed by atoms with Gasteiger partial charge in [-0.1, -0.05) is 0 Å². The number of carbonyl (C=O) groups is 1. The van der Waals surface area contributed by atoms with Gasteiger partial charge in [-0.25, -0.2) is 4.79 Å². The van der Waals surface area contributed by atoms with Crippen molar-refractivity contribution in [2.45, 2.75) is 32.9 Å². The Balaban J connectivity index is 2.80. The molecule has 1 aromatic heterocycles. The van der Waals surface area contributed by atoms with Gasteiger partial charge in [-0.15, -0.1) is 0 Å². The Kier molecular flexibility index (Phi) is 3.29. The number of ether oxygens (including phenoxy) is 1. The van der Waals surface area contributed by atoms with Crippen molar-refractivity contribution in [1.82, 2.24) is 0 Å². The molecule has 1 aromatic rings. The van der Waals surface area contributed by atoms with Gasteiger partial charge in [0.25, 0.3) is 0 Å². The fraction of sp³-hybridized carbons (Fsp3) is 0.500. The topological polar surface area (TPSA) is 52.3 Å². The highest BCUT2D eigenvalue weighted by atomic mass is 32.1. The number of esters is 1. The summed E-state index contributed by atoms with van der Waals surface area (Å²) in [6.45, 7) is 5.91. The van der Waals surface area contributed by atoms with Gasteiger partial charge in [0.15, 0.2) is 0 Å². The number of thiophene rings is 1. The van der Waals surface area contributed by atoms with Crippen LogP contribution in [0.4, 0.5) is 0 Å². The van der Waals surface area contributed by atoms with Gasteiger partial charge in [-0.3, -0.25) is 0 Å². The minimum Gasteiger partial charge on any atom is -0.456 e. The maximum Gasteiger partial charge on any atom is 0.339 e. The summed E-state index contributed by atoms with van der Waals surface area (Å²) < 4.78 is 5.24. The van der Waals surface area contributed by atoms with Gasteiger partial charge in [-0.2, -0.15) is 11.3 Å². The van der Waals surface area contributed by atoms with Crippen LogP contribution >= 0.6 is 11.3 Å². The second-order valence-corrected chi connectivity index (χ2v) is 4.76. The minimum atomic E-state index is -0.453. The zero-order valence-corrected chi connectivity index (χ0v) is 9.48. The smallest absolute Gasteiger partial charge is 0.339 e. The molecule has 2 N–H and O–H groups in total. The first kappa shape index (κ1) is 11.2. The molecule has 4 heteroatoms. The number of hydrogen-bond donors (Lipinski definition) is 1. The molecule has 0 fully saturated rings. The van der Waals surface area contributed by atoms with E-state index >= 15 is 0 Å². The summed E-state index contributed by atoms with van der Waals surface area (Å²) in [5.74, 6) is -0.292. The largest absolute Gasteiger partial charge is 0.456 e. The third-order valence-corrected chi connectivity index (χ3v) is 2.37. The minimum absolute atomic E-state index is 0.292. The monoisotopic (exact) mass is 213 g/mol.